The summed E-state index contributed by atoms with van der Waals surface area (Å²) in [6.07, 6.45) is 0.0956. The van der Waals surface area contributed by atoms with Crippen molar-refractivity contribution in [1.82, 2.24) is 5.32 Å². The van der Waals surface area contributed by atoms with Crippen LogP contribution in [0.2, 0.25) is 0 Å². The van der Waals surface area contributed by atoms with E-state index < -0.39 is 5.97 Å². The van der Waals surface area contributed by atoms with Crippen molar-refractivity contribution in [1.29, 1.82) is 0 Å². The molecule has 0 aliphatic heterocycles. The number of benzene rings is 1. The molecule has 1 rings (SSSR count). The third-order valence-corrected chi connectivity index (χ3v) is 3.63. The van der Waals surface area contributed by atoms with E-state index in [1.165, 1.54) is 17.3 Å². The van der Waals surface area contributed by atoms with Gasteiger partial charge >= 0.3 is 5.97 Å². The lowest BCUT2D eigenvalue weighted by molar-refractivity contribution is -0.136. The predicted molar refractivity (Wildman–Crippen MR) is 77.4 cm³/mol. The molecule has 0 aliphatic carbocycles. The van der Waals surface area contributed by atoms with Gasteiger partial charge in [-0.1, -0.05) is 37.3 Å². The number of hydrogen-bond acceptors (Lipinski definition) is 3. The summed E-state index contributed by atoms with van der Waals surface area (Å²) in [5, 5.41) is 11.3. The zero-order chi connectivity index (χ0) is 14.1. The maximum Gasteiger partial charge on any atom is 0.304 e. The van der Waals surface area contributed by atoms with Crippen molar-refractivity contribution in [2.45, 2.75) is 19.3 Å². The van der Waals surface area contributed by atoms with Gasteiger partial charge in [0.05, 0.1) is 12.2 Å². The van der Waals surface area contributed by atoms with E-state index in [0.29, 0.717) is 18.1 Å². The van der Waals surface area contributed by atoms with Crippen molar-refractivity contribution in [2.75, 3.05) is 18.1 Å². The number of nitrogens with one attached hydrogen (secondary N) is 1. The first-order valence-electron chi connectivity index (χ1n) is 6.20. The molecule has 1 amide bonds. The Hall–Kier alpha value is -1.49. The number of carbonyl (C=O) groups is 2. The van der Waals surface area contributed by atoms with Gasteiger partial charge in [0.25, 0.3) is 0 Å². The highest BCUT2D eigenvalue weighted by atomic mass is 32.2. The molecule has 0 saturated heterocycles. The van der Waals surface area contributed by atoms with E-state index in [9.17, 15) is 9.59 Å². The largest absolute Gasteiger partial charge is 0.481 e. The maximum absolute atomic E-state index is 11.5. The van der Waals surface area contributed by atoms with E-state index in [1.54, 1.807) is 0 Å². The zero-order valence-corrected chi connectivity index (χ0v) is 11.8. The van der Waals surface area contributed by atoms with E-state index in [2.05, 4.69) is 12.2 Å². The summed E-state index contributed by atoms with van der Waals surface area (Å²) in [7, 11) is 0. The standard InChI is InChI=1S/C14H19NO3S/c1-11(12-5-3-2-4-6-12)9-15-13(16)10-19-8-7-14(17)18/h2-6,11H,7-10H2,1H3,(H,15,16)(H,17,18)/t11-/m0/s1. The van der Waals surface area contributed by atoms with E-state index >= 15 is 0 Å². The van der Waals surface area contributed by atoms with Crippen molar-refractivity contribution in [3.8, 4) is 0 Å². The van der Waals surface area contributed by atoms with Crippen LogP contribution in [0.3, 0.4) is 0 Å². The van der Waals surface area contributed by atoms with Crippen LogP contribution >= 0.6 is 11.8 Å². The lowest BCUT2D eigenvalue weighted by Crippen LogP contribution is -2.29. The van der Waals surface area contributed by atoms with Gasteiger partial charge in [-0.2, -0.15) is 11.8 Å². The lowest BCUT2D eigenvalue weighted by Gasteiger charge is -2.12. The number of rotatable bonds is 8. The van der Waals surface area contributed by atoms with Crippen molar-refractivity contribution in [2.24, 2.45) is 0 Å². The molecule has 1 aromatic carbocycles. The Morgan fingerprint density at radius 1 is 1.32 bits per heavy atom. The van der Waals surface area contributed by atoms with Gasteiger partial charge in [0, 0.05) is 12.3 Å². The van der Waals surface area contributed by atoms with Gasteiger partial charge in [-0.15, -0.1) is 0 Å². The molecule has 5 heteroatoms. The minimum absolute atomic E-state index is 0.0434. The first kappa shape index (κ1) is 15.6. The Labute approximate surface area is 117 Å². The predicted octanol–water partition coefficient (Wildman–Crippen LogP) is 2.11. The summed E-state index contributed by atoms with van der Waals surface area (Å²) in [6, 6.07) is 10.0. The number of carboxylic acid groups (broad SMARTS) is 1. The molecular weight excluding hydrogens is 262 g/mol. The second-order valence-electron chi connectivity index (χ2n) is 4.31. The molecule has 0 aliphatic rings. The van der Waals surface area contributed by atoms with Crippen LogP contribution in [0.15, 0.2) is 30.3 Å². The van der Waals surface area contributed by atoms with Crippen molar-refractivity contribution in [3.63, 3.8) is 0 Å². The van der Waals surface area contributed by atoms with E-state index in [4.69, 9.17) is 5.11 Å². The van der Waals surface area contributed by atoms with Crippen LogP contribution in [0.25, 0.3) is 0 Å². The molecule has 19 heavy (non-hydrogen) atoms. The molecule has 0 spiro atoms. The highest BCUT2D eigenvalue weighted by Gasteiger charge is 2.07. The summed E-state index contributed by atoms with van der Waals surface area (Å²) in [6.45, 7) is 2.66. The van der Waals surface area contributed by atoms with Crippen molar-refractivity contribution < 1.29 is 14.7 Å². The molecular formula is C14H19NO3S. The number of hydrogen-bond donors (Lipinski definition) is 2. The molecule has 0 radical (unpaired) electrons. The van der Waals surface area contributed by atoms with Gasteiger partial charge in [-0.3, -0.25) is 9.59 Å². The summed E-state index contributed by atoms with van der Waals surface area (Å²) in [5.41, 5.74) is 1.20. The Morgan fingerprint density at radius 3 is 2.63 bits per heavy atom. The Morgan fingerprint density at radius 2 is 2.00 bits per heavy atom. The topological polar surface area (TPSA) is 66.4 Å². The van der Waals surface area contributed by atoms with Crippen LogP contribution in [-0.2, 0) is 9.59 Å². The number of amides is 1. The van der Waals surface area contributed by atoms with Crippen LogP contribution in [0.4, 0.5) is 0 Å². The second-order valence-corrected chi connectivity index (χ2v) is 5.42. The fourth-order valence-electron chi connectivity index (χ4n) is 1.54. The molecule has 0 fully saturated rings. The zero-order valence-electron chi connectivity index (χ0n) is 11.0. The smallest absolute Gasteiger partial charge is 0.304 e. The fraction of sp³-hybridized carbons (Fsp3) is 0.429. The van der Waals surface area contributed by atoms with Gasteiger partial charge < -0.3 is 10.4 Å². The van der Waals surface area contributed by atoms with Gasteiger partial charge in [-0.25, -0.2) is 0 Å². The van der Waals surface area contributed by atoms with Crippen LogP contribution in [0, 0.1) is 0 Å². The Balaban J connectivity index is 2.18. The Kier molecular flexibility index (Phi) is 7.03. The summed E-state index contributed by atoms with van der Waals surface area (Å²) in [4.78, 5) is 21.8. The number of thioether (sulfide) groups is 1. The highest BCUT2D eigenvalue weighted by Crippen LogP contribution is 2.13. The SMILES string of the molecule is C[C@@H](CNC(=O)CSCCC(=O)O)c1ccccc1. The number of carboxylic acids is 1. The van der Waals surface area contributed by atoms with E-state index in [-0.39, 0.29) is 18.2 Å². The molecule has 1 atom stereocenters. The van der Waals surface area contributed by atoms with Crippen molar-refractivity contribution >= 4 is 23.6 Å². The summed E-state index contributed by atoms with van der Waals surface area (Å²) in [5.74, 6) is 0.184. The molecule has 2 N–H and O–H groups in total. The third kappa shape index (κ3) is 6.86. The summed E-state index contributed by atoms with van der Waals surface area (Å²) >= 11 is 1.34. The van der Waals surface area contributed by atoms with Gasteiger partial charge in [-0.05, 0) is 11.5 Å². The molecule has 104 valence electrons. The maximum atomic E-state index is 11.5. The fourth-order valence-corrected chi connectivity index (χ4v) is 2.29. The average Bonchev–Trinajstić information content (AvgIpc) is 2.41. The van der Waals surface area contributed by atoms with Gasteiger partial charge in [0.15, 0.2) is 0 Å². The number of aliphatic carboxylic acids is 1. The molecule has 0 saturated carbocycles. The van der Waals surface area contributed by atoms with E-state index in [1.807, 2.05) is 30.3 Å². The molecule has 0 heterocycles. The van der Waals surface area contributed by atoms with Crippen LogP contribution in [0.5, 0.6) is 0 Å². The Bertz CT molecular complexity index is 408. The minimum atomic E-state index is -0.828. The highest BCUT2D eigenvalue weighted by molar-refractivity contribution is 7.99. The monoisotopic (exact) mass is 281 g/mol. The summed E-state index contributed by atoms with van der Waals surface area (Å²) < 4.78 is 0. The third-order valence-electron chi connectivity index (χ3n) is 2.67. The normalized spacial score (nSPS) is 11.8. The van der Waals surface area contributed by atoms with Gasteiger partial charge in [0.1, 0.15) is 0 Å². The average molecular weight is 281 g/mol. The number of carbonyl (C=O) groups excluding carboxylic acids is 1. The van der Waals surface area contributed by atoms with Gasteiger partial charge in [0.2, 0.25) is 5.91 Å². The molecule has 1 aromatic rings. The lowest BCUT2D eigenvalue weighted by atomic mass is 10.0. The van der Waals surface area contributed by atoms with Crippen LogP contribution in [0.1, 0.15) is 24.8 Å². The van der Waals surface area contributed by atoms with E-state index in [0.717, 1.165) is 0 Å². The molecule has 0 bridgehead atoms. The van der Waals surface area contributed by atoms with Crippen LogP contribution in [-0.4, -0.2) is 35.0 Å². The van der Waals surface area contributed by atoms with Crippen LogP contribution < -0.4 is 5.32 Å². The molecule has 0 unspecified atom stereocenters. The van der Waals surface area contributed by atoms with Crippen molar-refractivity contribution in [3.05, 3.63) is 35.9 Å². The molecule has 0 aromatic heterocycles. The first-order valence-corrected chi connectivity index (χ1v) is 7.36. The first-order chi connectivity index (χ1) is 9.09. The quantitative estimate of drug-likeness (QED) is 0.716. The molecule has 4 nitrogen and oxygen atoms in total. The second kappa shape index (κ2) is 8.58. The minimum Gasteiger partial charge on any atom is -0.481 e.